The van der Waals surface area contributed by atoms with Crippen molar-refractivity contribution < 1.29 is 19.1 Å². The Hall–Kier alpha value is -1.67. The summed E-state index contributed by atoms with van der Waals surface area (Å²) in [5, 5.41) is 2.53. The molecule has 1 atom stereocenters. The van der Waals surface area contributed by atoms with E-state index < -0.39 is 23.1 Å². The van der Waals surface area contributed by atoms with Gasteiger partial charge in [0.05, 0.1) is 23.0 Å². The van der Waals surface area contributed by atoms with Gasteiger partial charge in [0.1, 0.15) is 17.6 Å². The predicted molar refractivity (Wildman–Crippen MR) is 76.2 cm³/mol. The molecule has 1 aliphatic heterocycles. The van der Waals surface area contributed by atoms with Crippen molar-refractivity contribution in [3.8, 4) is 0 Å². The van der Waals surface area contributed by atoms with Crippen molar-refractivity contribution in [2.75, 3.05) is 7.11 Å². The number of carbonyl (C=O) groups is 3. The minimum absolute atomic E-state index is 0.0385. The summed E-state index contributed by atoms with van der Waals surface area (Å²) in [5.41, 5.74) is -2.17. The number of esters is 1. The maximum atomic E-state index is 12.3. The molecule has 1 aromatic rings. The predicted octanol–water partition coefficient (Wildman–Crippen LogP) is 0.812. The molecule has 0 saturated carbocycles. The quantitative estimate of drug-likeness (QED) is 0.619. The average molecular weight is 378 g/mol. The summed E-state index contributed by atoms with van der Waals surface area (Å²) in [4.78, 5) is 47.0. The highest BCUT2D eigenvalue weighted by Gasteiger charge is 2.46. The Kier molecular flexibility index (Phi) is 4.20. The van der Waals surface area contributed by atoms with Crippen molar-refractivity contribution in [3.63, 3.8) is 0 Å². The van der Waals surface area contributed by atoms with Crippen LogP contribution in [0.1, 0.15) is 23.3 Å². The number of methoxy groups -OCH3 is 1. The van der Waals surface area contributed by atoms with Crippen molar-refractivity contribution in [1.29, 1.82) is 0 Å². The van der Waals surface area contributed by atoms with Crippen LogP contribution < -0.4 is 10.9 Å². The van der Waals surface area contributed by atoms with Gasteiger partial charge in [0.2, 0.25) is 0 Å². The zero-order valence-corrected chi connectivity index (χ0v) is 13.2. The first-order chi connectivity index (χ1) is 9.86. The number of hydrogen-bond acceptors (Lipinski definition) is 5. The third kappa shape index (κ3) is 2.49. The zero-order valence-electron chi connectivity index (χ0n) is 10.8. The molecule has 0 fully saturated rings. The first-order valence-electron chi connectivity index (χ1n) is 5.81. The van der Waals surface area contributed by atoms with Gasteiger partial charge in [0.15, 0.2) is 0 Å². The highest BCUT2D eigenvalue weighted by atomic mass is 79.9. The number of ether oxygens (including phenoxy) is 1. The molecule has 0 aliphatic carbocycles. The van der Waals surface area contributed by atoms with E-state index in [0.29, 0.717) is 6.29 Å². The van der Waals surface area contributed by atoms with Crippen LogP contribution in [0.25, 0.3) is 0 Å². The molecule has 0 aromatic carbocycles. The SMILES string of the molecule is COC(=O)CC1(CC=O)NC(=O)c2c(Cl)cc(Br)c(=O)n21. The maximum Gasteiger partial charge on any atom is 0.309 e. The van der Waals surface area contributed by atoms with Crippen molar-refractivity contribution in [1.82, 2.24) is 9.88 Å². The highest BCUT2D eigenvalue weighted by molar-refractivity contribution is 9.10. The van der Waals surface area contributed by atoms with Gasteiger partial charge in [-0.1, -0.05) is 11.6 Å². The molecule has 0 radical (unpaired) electrons. The Labute approximate surface area is 132 Å². The summed E-state index contributed by atoms with van der Waals surface area (Å²) in [6.07, 6.45) is -0.124. The van der Waals surface area contributed by atoms with Crippen LogP contribution in [0.5, 0.6) is 0 Å². The second-order valence-electron chi connectivity index (χ2n) is 4.44. The molecule has 9 heteroatoms. The minimum Gasteiger partial charge on any atom is -0.469 e. The van der Waals surface area contributed by atoms with Crippen LogP contribution in [0.3, 0.4) is 0 Å². The molecule has 1 aliphatic rings. The molecule has 7 nitrogen and oxygen atoms in total. The lowest BCUT2D eigenvalue weighted by atomic mass is 10.0. The number of pyridine rings is 1. The van der Waals surface area contributed by atoms with Gasteiger partial charge < -0.3 is 14.8 Å². The normalized spacial score (nSPS) is 19.9. The lowest BCUT2D eigenvalue weighted by molar-refractivity contribution is -0.143. The van der Waals surface area contributed by atoms with E-state index in [1.165, 1.54) is 13.2 Å². The Morgan fingerprint density at radius 2 is 2.24 bits per heavy atom. The summed E-state index contributed by atoms with van der Waals surface area (Å²) in [6.45, 7) is 0. The number of nitrogens with zero attached hydrogens (tertiary/aromatic N) is 1. The summed E-state index contributed by atoms with van der Waals surface area (Å²) < 4.78 is 5.72. The van der Waals surface area contributed by atoms with Crippen LogP contribution in [-0.2, 0) is 20.0 Å². The lowest BCUT2D eigenvalue weighted by Crippen LogP contribution is -2.49. The van der Waals surface area contributed by atoms with Crippen molar-refractivity contribution in [2.24, 2.45) is 0 Å². The van der Waals surface area contributed by atoms with Crippen LogP contribution in [0.15, 0.2) is 15.3 Å². The van der Waals surface area contributed by atoms with Crippen LogP contribution >= 0.6 is 27.5 Å². The zero-order chi connectivity index (χ0) is 15.8. The van der Waals surface area contributed by atoms with E-state index in [9.17, 15) is 19.2 Å². The molecular formula is C12H10BrClN2O5. The molecule has 1 aromatic heterocycles. The Bertz CT molecular complexity index is 702. The van der Waals surface area contributed by atoms with Gasteiger partial charge in [-0.3, -0.25) is 19.0 Å². The van der Waals surface area contributed by atoms with E-state index in [2.05, 4.69) is 26.0 Å². The standard InChI is InChI=1S/C12H10BrClN2O5/c1-21-8(18)5-12(2-3-17)15-10(19)9-7(14)4-6(13)11(20)16(9)12/h3-4H,2,5H2,1H3,(H,15,19). The number of rotatable bonds is 4. The summed E-state index contributed by atoms with van der Waals surface area (Å²) in [5.74, 6) is -1.30. The topological polar surface area (TPSA) is 94.5 Å². The number of aldehydes is 1. The molecule has 21 heavy (non-hydrogen) atoms. The molecular weight excluding hydrogens is 367 g/mol. The van der Waals surface area contributed by atoms with Gasteiger partial charge in [0, 0.05) is 6.42 Å². The van der Waals surface area contributed by atoms with E-state index in [1.54, 1.807) is 0 Å². The second-order valence-corrected chi connectivity index (χ2v) is 5.70. The molecule has 2 heterocycles. The van der Waals surface area contributed by atoms with Gasteiger partial charge in [-0.2, -0.15) is 0 Å². The van der Waals surface area contributed by atoms with Gasteiger partial charge in [-0.05, 0) is 22.0 Å². The van der Waals surface area contributed by atoms with Crippen LogP contribution in [-0.4, -0.2) is 29.8 Å². The number of fused-ring (bicyclic) bond motifs is 1. The van der Waals surface area contributed by atoms with Gasteiger partial charge in [-0.15, -0.1) is 0 Å². The highest BCUT2D eigenvalue weighted by Crippen LogP contribution is 2.32. The smallest absolute Gasteiger partial charge is 0.309 e. The summed E-state index contributed by atoms with van der Waals surface area (Å²) in [7, 11) is 1.17. The molecule has 1 amide bonds. The first-order valence-corrected chi connectivity index (χ1v) is 6.98. The fraction of sp³-hybridized carbons (Fsp3) is 0.333. The summed E-state index contributed by atoms with van der Waals surface area (Å²) >= 11 is 9.03. The van der Waals surface area contributed by atoms with E-state index in [1.807, 2.05) is 0 Å². The van der Waals surface area contributed by atoms with E-state index >= 15 is 0 Å². The van der Waals surface area contributed by atoms with E-state index in [-0.39, 0.29) is 28.0 Å². The molecule has 0 spiro atoms. The maximum absolute atomic E-state index is 12.3. The first kappa shape index (κ1) is 15.7. The second kappa shape index (κ2) is 5.61. The van der Waals surface area contributed by atoms with Crippen molar-refractivity contribution in [2.45, 2.75) is 18.5 Å². The molecule has 2 rings (SSSR count). The number of hydrogen-bond donors (Lipinski definition) is 1. The number of nitrogens with one attached hydrogen (secondary N) is 1. The summed E-state index contributed by atoms with van der Waals surface area (Å²) in [6, 6.07) is 1.30. The minimum atomic E-state index is -1.51. The number of aromatic nitrogens is 1. The van der Waals surface area contributed by atoms with Gasteiger partial charge >= 0.3 is 5.97 Å². The number of halogens is 2. The molecule has 112 valence electrons. The van der Waals surface area contributed by atoms with Crippen LogP contribution in [0.4, 0.5) is 0 Å². The van der Waals surface area contributed by atoms with Gasteiger partial charge in [-0.25, -0.2) is 0 Å². The number of amides is 1. The lowest BCUT2D eigenvalue weighted by Gasteiger charge is -2.28. The average Bonchev–Trinajstić information content (AvgIpc) is 2.69. The fourth-order valence-electron chi connectivity index (χ4n) is 2.29. The van der Waals surface area contributed by atoms with E-state index in [0.717, 1.165) is 4.57 Å². The monoisotopic (exact) mass is 376 g/mol. The molecule has 1 N–H and O–H groups in total. The molecule has 0 saturated heterocycles. The van der Waals surface area contributed by atoms with Crippen molar-refractivity contribution in [3.05, 3.63) is 31.6 Å². The molecule has 0 bridgehead atoms. The Morgan fingerprint density at radius 1 is 1.57 bits per heavy atom. The van der Waals surface area contributed by atoms with Gasteiger partial charge in [0.25, 0.3) is 11.5 Å². The Morgan fingerprint density at radius 3 is 2.81 bits per heavy atom. The third-order valence-electron chi connectivity index (χ3n) is 3.19. The number of carbonyl (C=O) groups excluding carboxylic acids is 3. The molecule has 1 unspecified atom stereocenters. The largest absolute Gasteiger partial charge is 0.469 e. The Balaban J connectivity index is 2.74. The van der Waals surface area contributed by atoms with Crippen molar-refractivity contribution >= 4 is 45.7 Å². The fourth-order valence-corrected chi connectivity index (χ4v) is 3.11. The van der Waals surface area contributed by atoms with E-state index in [4.69, 9.17) is 11.6 Å². The third-order valence-corrected chi connectivity index (χ3v) is 4.04. The van der Waals surface area contributed by atoms with Crippen LogP contribution in [0, 0.1) is 0 Å². The van der Waals surface area contributed by atoms with Crippen LogP contribution in [0.2, 0.25) is 5.02 Å².